The molecule has 0 saturated carbocycles. The average Bonchev–Trinajstić information content (AvgIpc) is 2.44. The molecule has 0 saturated heterocycles. The molecule has 0 aliphatic rings. The third-order valence-corrected chi connectivity index (χ3v) is 4.22. The van der Waals surface area contributed by atoms with Crippen molar-refractivity contribution in [3.05, 3.63) is 68.7 Å². The lowest BCUT2D eigenvalue weighted by molar-refractivity contribution is 0.690. The number of hydrogen-bond donors (Lipinski definition) is 1. The van der Waals surface area contributed by atoms with E-state index in [1.54, 1.807) is 0 Å². The summed E-state index contributed by atoms with van der Waals surface area (Å²) in [6.07, 6.45) is 2.27. The van der Waals surface area contributed by atoms with Crippen molar-refractivity contribution in [2.45, 2.75) is 25.8 Å². The van der Waals surface area contributed by atoms with Crippen molar-refractivity contribution in [3.8, 4) is 0 Å². The molecule has 0 aromatic heterocycles. The summed E-state index contributed by atoms with van der Waals surface area (Å²) in [5, 5.41) is 4.15. The molecule has 3 heteroatoms. The van der Waals surface area contributed by atoms with Gasteiger partial charge in [0.2, 0.25) is 0 Å². The summed E-state index contributed by atoms with van der Waals surface area (Å²) in [7, 11) is 1.97. The van der Waals surface area contributed by atoms with Gasteiger partial charge < -0.3 is 5.32 Å². The molecule has 2 aromatic rings. The predicted octanol–water partition coefficient (Wildman–Crippen LogP) is 5.36. The molecule has 1 nitrogen and oxygen atoms in total. The number of halogens is 2. The highest BCUT2D eigenvalue weighted by molar-refractivity contribution is 9.10. The standard InChI is InChI=1S/C17H19BrClN/c1-3-5-12-6-4-7-13(10-12)17(20-2)15-11-14(18)8-9-16(15)19/h4,6-11,17,20H,3,5H2,1-2H3. The molecular formula is C17H19BrClN. The fourth-order valence-corrected chi connectivity index (χ4v) is 3.06. The quantitative estimate of drug-likeness (QED) is 0.763. The number of hydrogen-bond acceptors (Lipinski definition) is 1. The topological polar surface area (TPSA) is 12.0 Å². The van der Waals surface area contributed by atoms with Crippen LogP contribution < -0.4 is 5.32 Å². The molecule has 0 spiro atoms. The Morgan fingerprint density at radius 3 is 2.70 bits per heavy atom. The Balaban J connectivity index is 2.41. The van der Waals surface area contributed by atoms with Gasteiger partial charge in [0.1, 0.15) is 0 Å². The Morgan fingerprint density at radius 1 is 1.20 bits per heavy atom. The zero-order chi connectivity index (χ0) is 14.5. The molecule has 0 aliphatic carbocycles. The Bertz CT molecular complexity index is 583. The first kappa shape index (κ1) is 15.6. The summed E-state index contributed by atoms with van der Waals surface area (Å²) in [6.45, 7) is 2.20. The van der Waals surface area contributed by atoms with Crippen LogP contribution in [0.3, 0.4) is 0 Å². The maximum atomic E-state index is 6.36. The number of rotatable bonds is 5. The van der Waals surface area contributed by atoms with Crippen molar-refractivity contribution < 1.29 is 0 Å². The molecule has 0 aliphatic heterocycles. The normalized spacial score (nSPS) is 12.4. The first-order valence-corrected chi connectivity index (χ1v) is 8.04. The van der Waals surface area contributed by atoms with E-state index in [-0.39, 0.29) is 6.04 Å². The van der Waals surface area contributed by atoms with Crippen molar-refractivity contribution >= 4 is 27.5 Å². The van der Waals surface area contributed by atoms with Crippen LogP contribution in [0, 0.1) is 0 Å². The molecule has 0 fully saturated rings. The van der Waals surface area contributed by atoms with Gasteiger partial charge in [-0.25, -0.2) is 0 Å². The zero-order valence-electron chi connectivity index (χ0n) is 11.8. The van der Waals surface area contributed by atoms with Crippen molar-refractivity contribution in [1.29, 1.82) is 0 Å². The minimum atomic E-state index is 0.108. The second-order valence-electron chi connectivity index (χ2n) is 4.88. The van der Waals surface area contributed by atoms with E-state index in [0.717, 1.165) is 27.9 Å². The lowest BCUT2D eigenvalue weighted by Crippen LogP contribution is -2.18. The highest BCUT2D eigenvalue weighted by Gasteiger charge is 2.15. The van der Waals surface area contributed by atoms with Crippen LogP contribution in [-0.4, -0.2) is 7.05 Å². The van der Waals surface area contributed by atoms with Gasteiger partial charge in [-0.05, 0) is 48.4 Å². The first-order chi connectivity index (χ1) is 9.65. The minimum Gasteiger partial charge on any atom is -0.309 e. The molecule has 1 N–H and O–H groups in total. The Hall–Kier alpha value is -0.830. The SMILES string of the molecule is CCCc1cccc(C(NC)c2cc(Br)ccc2Cl)c1. The summed E-state index contributed by atoms with van der Waals surface area (Å²) in [4.78, 5) is 0. The monoisotopic (exact) mass is 351 g/mol. The summed E-state index contributed by atoms with van der Waals surface area (Å²) < 4.78 is 1.04. The van der Waals surface area contributed by atoms with Crippen LogP contribution >= 0.6 is 27.5 Å². The van der Waals surface area contributed by atoms with Crippen molar-refractivity contribution in [2.75, 3.05) is 7.05 Å². The maximum Gasteiger partial charge on any atom is 0.0589 e. The second-order valence-corrected chi connectivity index (χ2v) is 6.21. The van der Waals surface area contributed by atoms with Crippen molar-refractivity contribution in [1.82, 2.24) is 5.32 Å². The van der Waals surface area contributed by atoms with Crippen LogP contribution in [0.5, 0.6) is 0 Å². The van der Waals surface area contributed by atoms with Gasteiger partial charge in [-0.1, -0.05) is 65.1 Å². The minimum absolute atomic E-state index is 0.108. The Kier molecular flexibility index (Phi) is 5.64. The summed E-state index contributed by atoms with van der Waals surface area (Å²) in [6, 6.07) is 14.8. The Morgan fingerprint density at radius 2 is 2.00 bits per heavy atom. The van der Waals surface area contributed by atoms with Gasteiger partial charge in [0.25, 0.3) is 0 Å². The number of aryl methyl sites for hydroxylation is 1. The predicted molar refractivity (Wildman–Crippen MR) is 90.5 cm³/mol. The maximum absolute atomic E-state index is 6.36. The van der Waals surface area contributed by atoms with Crippen LogP contribution in [0.4, 0.5) is 0 Å². The Labute approximate surface area is 134 Å². The molecule has 1 atom stereocenters. The highest BCUT2D eigenvalue weighted by Crippen LogP contribution is 2.31. The molecular weight excluding hydrogens is 334 g/mol. The molecule has 0 heterocycles. The molecule has 20 heavy (non-hydrogen) atoms. The highest BCUT2D eigenvalue weighted by atomic mass is 79.9. The number of benzene rings is 2. The smallest absolute Gasteiger partial charge is 0.0589 e. The van der Waals surface area contributed by atoms with E-state index in [1.165, 1.54) is 11.1 Å². The fraction of sp³-hybridized carbons (Fsp3) is 0.294. The first-order valence-electron chi connectivity index (χ1n) is 6.86. The van der Waals surface area contributed by atoms with Gasteiger partial charge in [-0.2, -0.15) is 0 Å². The van der Waals surface area contributed by atoms with E-state index in [9.17, 15) is 0 Å². The fourth-order valence-electron chi connectivity index (χ4n) is 2.45. The summed E-state index contributed by atoms with van der Waals surface area (Å²) in [5.74, 6) is 0. The van der Waals surface area contributed by atoms with E-state index >= 15 is 0 Å². The largest absolute Gasteiger partial charge is 0.309 e. The van der Waals surface area contributed by atoms with E-state index in [1.807, 2.05) is 19.2 Å². The van der Waals surface area contributed by atoms with Crippen molar-refractivity contribution in [2.24, 2.45) is 0 Å². The van der Waals surface area contributed by atoms with Gasteiger partial charge in [0.15, 0.2) is 0 Å². The molecule has 2 aromatic carbocycles. The molecule has 1 unspecified atom stereocenters. The van der Waals surface area contributed by atoms with Crippen molar-refractivity contribution in [3.63, 3.8) is 0 Å². The van der Waals surface area contributed by atoms with Gasteiger partial charge in [-0.15, -0.1) is 0 Å². The lowest BCUT2D eigenvalue weighted by atomic mass is 9.96. The molecule has 0 amide bonds. The van der Waals surface area contributed by atoms with Gasteiger partial charge in [-0.3, -0.25) is 0 Å². The van der Waals surface area contributed by atoms with Gasteiger partial charge >= 0.3 is 0 Å². The van der Waals surface area contributed by atoms with E-state index in [2.05, 4.69) is 58.5 Å². The van der Waals surface area contributed by atoms with Gasteiger partial charge in [0, 0.05) is 9.50 Å². The molecule has 2 rings (SSSR count). The average molecular weight is 353 g/mol. The molecule has 0 bridgehead atoms. The molecule has 0 radical (unpaired) electrons. The van der Waals surface area contributed by atoms with Crippen LogP contribution in [0.25, 0.3) is 0 Å². The van der Waals surface area contributed by atoms with E-state index < -0.39 is 0 Å². The molecule has 106 valence electrons. The van der Waals surface area contributed by atoms with E-state index in [0.29, 0.717) is 0 Å². The summed E-state index contributed by atoms with van der Waals surface area (Å²) in [5.41, 5.74) is 3.71. The van der Waals surface area contributed by atoms with Crippen LogP contribution in [-0.2, 0) is 6.42 Å². The number of nitrogens with one attached hydrogen (secondary N) is 1. The lowest BCUT2D eigenvalue weighted by Gasteiger charge is -2.19. The van der Waals surface area contributed by atoms with Gasteiger partial charge in [0.05, 0.1) is 6.04 Å². The van der Waals surface area contributed by atoms with E-state index in [4.69, 9.17) is 11.6 Å². The third kappa shape index (κ3) is 3.63. The van der Waals surface area contributed by atoms with Crippen LogP contribution in [0.15, 0.2) is 46.9 Å². The van der Waals surface area contributed by atoms with Crippen LogP contribution in [0.1, 0.15) is 36.1 Å². The second kappa shape index (κ2) is 7.26. The zero-order valence-corrected chi connectivity index (χ0v) is 14.1. The van der Waals surface area contributed by atoms with Crippen LogP contribution in [0.2, 0.25) is 5.02 Å². The third-order valence-electron chi connectivity index (χ3n) is 3.38. The summed E-state index contributed by atoms with van der Waals surface area (Å²) >= 11 is 9.88.